The highest BCUT2D eigenvalue weighted by atomic mass is 35.5. The molecule has 6 heteroatoms. The number of hydrogen-bond donors (Lipinski definition) is 0. The van der Waals surface area contributed by atoms with Crippen molar-refractivity contribution in [3.63, 3.8) is 0 Å². The predicted octanol–water partition coefficient (Wildman–Crippen LogP) is 2.22. The van der Waals surface area contributed by atoms with Gasteiger partial charge in [0.05, 0.1) is 19.6 Å². The van der Waals surface area contributed by atoms with E-state index in [9.17, 15) is 0 Å². The Morgan fingerprint density at radius 3 is 3.05 bits per heavy atom. The largest absolute Gasteiger partial charge is 0.481 e. The molecule has 1 aliphatic rings. The van der Waals surface area contributed by atoms with Crippen LogP contribution >= 0.6 is 11.6 Å². The molecular weight excluding hydrogens is 266 g/mol. The number of alkyl halides is 1. The Bertz CT molecular complexity index is 579. The molecule has 0 bridgehead atoms. The average molecular weight is 282 g/mol. The first kappa shape index (κ1) is 12.7. The van der Waals surface area contributed by atoms with Gasteiger partial charge in [0.2, 0.25) is 5.88 Å². The van der Waals surface area contributed by atoms with Crippen molar-refractivity contribution in [2.24, 2.45) is 5.92 Å². The van der Waals surface area contributed by atoms with Crippen LogP contribution in [-0.4, -0.2) is 34.9 Å². The highest BCUT2D eigenvalue weighted by Crippen LogP contribution is 2.23. The molecule has 0 saturated carbocycles. The minimum absolute atomic E-state index is 0.381. The number of methoxy groups -OCH3 is 1. The Balaban J connectivity index is 2.02. The maximum atomic E-state index is 5.99. The molecule has 1 fully saturated rings. The van der Waals surface area contributed by atoms with Gasteiger partial charge in [-0.2, -0.15) is 4.98 Å². The van der Waals surface area contributed by atoms with Crippen LogP contribution in [0.5, 0.6) is 5.88 Å². The van der Waals surface area contributed by atoms with Crippen molar-refractivity contribution in [3.8, 4) is 5.88 Å². The molecule has 1 aliphatic heterocycles. The number of fused-ring (bicyclic) bond motifs is 1. The van der Waals surface area contributed by atoms with E-state index in [2.05, 4.69) is 14.5 Å². The van der Waals surface area contributed by atoms with Gasteiger partial charge < -0.3 is 14.0 Å². The van der Waals surface area contributed by atoms with Crippen molar-refractivity contribution in [3.05, 3.63) is 18.0 Å². The van der Waals surface area contributed by atoms with Crippen LogP contribution < -0.4 is 4.74 Å². The molecule has 3 rings (SSSR count). The van der Waals surface area contributed by atoms with Crippen molar-refractivity contribution in [2.45, 2.75) is 18.8 Å². The van der Waals surface area contributed by atoms with Crippen molar-refractivity contribution < 1.29 is 9.47 Å². The van der Waals surface area contributed by atoms with Crippen LogP contribution in [0.15, 0.2) is 12.1 Å². The molecular formula is C13H16ClN3O2. The molecule has 3 heterocycles. The van der Waals surface area contributed by atoms with Gasteiger partial charge in [-0.15, -0.1) is 11.6 Å². The molecule has 2 aromatic heterocycles. The molecule has 5 nitrogen and oxygen atoms in total. The van der Waals surface area contributed by atoms with Gasteiger partial charge in [0, 0.05) is 25.1 Å². The summed E-state index contributed by atoms with van der Waals surface area (Å²) in [5, 5.41) is 0. The first-order chi connectivity index (χ1) is 9.31. The zero-order chi connectivity index (χ0) is 13.2. The van der Waals surface area contributed by atoms with E-state index < -0.39 is 0 Å². The summed E-state index contributed by atoms with van der Waals surface area (Å²) in [4.78, 5) is 9.00. The Hall–Kier alpha value is -1.33. The number of pyridine rings is 1. The number of hydrogen-bond acceptors (Lipinski definition) is 4. The monoisotopic (exact) mass is 281 g/mol. The average Bonchev–Trinajstić information content (AvgIpc) is 3.07. The van der Waals surface area contributed by atoms with Crippen molar-refractivity contribution >= 4 is 22.8 Å². The van der Waals surface area contributed by atoms with Gasteiger partial charge >= 0.3 is 0 Å². The van der Waals surface area contributed by atoms with Crippen LogP contribution in [-0.2, 0) is 17.2 Å². The van der Waals surface area contributed by atoms with Crippen molar-refractivity contribution in [1.82, 2.24) is 14.5 Å². The molecule has 1 atom stereocenters. The van der Waals surface area contributed by atoms with E-state index in [1.807, 2.05) is 12.1 Å². The lowest BCUT2D eigenvalue weighted by Crippen LogP contribution is -2.13. The standard InChI is InChI=1S/C13H16ClN3O2/c1-18-12-3-2-10-13(16-12)17(11(6-14)15-10)7-9-4-5-19-8-9/h2-3,9H,4-8H2,1H3. The van der Waals surface area contributed by atoms with E-state index in [4.69, 9.17) is 21.1 Å². The van der Waals surface area contributed by atoms with Crippen LogP contribution in [0.4, 0.5) is 0 Å². The van der Waals surface area contributed by atoms with Crippen LogP contribution in [0, 0.1) is 5.92 Å². The van der Waals surface area contributed by atoms with Gasteiger partial charge in [-0.25, -0.2) is 4.98 Å². The fraction of sp³-hybridized carbons (Fsp3) is 0.538. The van der Waals surface area contributed by atoms with E-state index in [1.54, 1.807) is 7.11 Å². The second-order valence-electron chi connectivity index (χ2n) is 4.70. The molecule has 1 saturated heterocycles. The Morgan fingerprint density at radius 2 is 2.37 bits per heavy atom. The summed E-state index contributed by atoms with van der Waals surface area (Å²) in [5.74, 6) is 2.33. The van der Waals surface area contributed by atoms with E-state index in [0.717, 1.165) is 43.2 Å². The fourth-order valence-corrected chi connectivity index (χ4v) is 2.63. The van der Waals surface area contributed by atoms with Crippen LogP contribution in [0.25, 0.3) is 11.2 Å². The highest BCUT2D eigenvalue weighted by Gasteiger charge is 2.20. The van der Waals surface area contributed by atoms with E-state index in [-0.39, 0.29) is 0 Å². The zero-order valence-corrected chi connectivity index (χ0v) is 11.6. The summed E-state index contributed by atoms with van der Waals surface area (Å²) in [7, 11) is 1.61. The second-order valence-corrected chi connectivity index (χ2v) is 4.97. The molecule has 0 radical (unpaired) electrons. The van der Waals surface area contributed by atoms with E-state index >= 15 is 0 Å². The maximum Gasteiger partial charge on any atom is 0.215 e. The first-order valence-electron chi connectivity index (χ1n) is 6.35. The number of halogens is 1. The molecule has 0 N–H and O–H groups in total. The Morgan fingerprint density at radius 1 is 1.47 bits per heavy atom. The summed E-state index contributed by atoms with van der Waals surface area (Å²) in [6, 6.07) is 3.73. The molecule has 102 valence electrons. The van der Waals surface area contributed by atoms with Gasteiger partial charge in [0.15, 0.2) is 5.65 Å². The molecule has 0 amide bonds. The minimum Gasteiger partial charge on any atom is -0.481 e. The van der Waals surface area contributed by atoms with Gasteiger partial charge in [-0.05, 0) is 12.5 Å². The molecule has 0 aliphatic carbocycles. The van der Waals surface area contributed by atoms with E-state index in [1.165, 1.54) is 0 Å². The van der Waals surface area contributed by atoms with Crippen LogP contribution in [0.2, 0.25) is 0 Å². The van der Waals surface area contributed by atoms with Gasteiger partial charge in [-0.1, -0.05) is 0 Å². The number of imidazole rings is 1. The first-order valence-corrected chi connectivity index (χ1v) is 6.89. The fourth-order valence-electron chi connectivity index (χ4n) is 2.42. The molecule has 2 aromatic rings. The minimum atomic E-state index is 0.381. The quantitative estimate of drug-likeness (QED) is 0.806. The summed E-state index contributed by atoms with van der Waals surface area (Å²) in [6.45, 7) is 2.48. The second kappa shape index (κ2) is 5.35. The molecule has 19 heavy (non-hydrogen) atoms. The third-order valence-corrected chi connectivity index (χ3v) is 3.68. The van der Waals surface area contributed by atoms with Gasteiger partial charge in [0.25, 0.3) is 0 Å². The number of ether oxygens (including phenoxy) is 2. The zero-order valence-electron chi connectivity index (χ0n) is 10.8. The predicted molar refractivity (Wildman–Crippen MR) is 72.6 cm³/mol. The lowest BCUT2D eigenvalue weighted by Gasteiger charge is -2.11. The molecule has 0 aromatic carbocycles. The SMILES string of the molecule is COc1ccc2nc(CCl)n(CC3CCOC3)c2n1. The van der Waals surface area contributed by atoms with Crippen LogP contribution in [0.1, 0.15) is 12.2 Å². The molecule has 0 spiro atoms. The number of aromatic nitrogens is 3. The van der Waals surface area contributed by atoms with E-state index in [0.29, 0.717) is 17.7 Å². The summed E-state index contributed by atoms with van der Waals surface area (Å²) < 4.78 is 12.7. The van der Waals surface area contributed by atoms with Crippen molar-refractivity contribution in [2.75, 3.05) is 20.3 Å². The number of rotatable bonds is 4. The van der Waals surface area contributed by atoms with Crippen molar-refractivity contribution in [1.29, 1.82) is 0 Å². The Kier molecular flexibility index (Phi) is 3.57. The molecule has 1 unspecified atom stereocenters. The summed E-state index contributed by atoms with van der Waals surface area (Å²) in [6.07, 6.45) is 1.07. The van der Waals surface area contributed by atoms with Gasteiger partial charge in [-0.3, -0.25) is 0 Å². The Labute approximate surface area is 116 Å². The summed E-state index contributed by atoms with van der Waals surface area (Å²) >= 11 is 5.99. The summed E-state index contributed by atoms with van der Waals surface area (Å²) in [5.41, 5.74) is 1.69. The number of nitrogens with zero attached hydrogens (tertiary/aromatic N) is 3. The third-order valence-electron chi connectivity index (χ3n) is 3.44. The lowest BCUT2D eigenvalue weighted by atomic mass is 10.1. The lowest BCUT2D eigenvalue weighted by molar-refractivity contribution is 0.182. The normalized spacial score (nSPS) is 19.2. The maximum absolute atomic E-state index is 5.99. The highest BCUT2D eigenvalue weighted by molar-refractivity contribution is 6.16. The topological polar surface area (TPSA) is 49.2 Å². The third kappa shape index (κ3) is 2.40. The van der Waals surface area contributed by atoms with Gasteiger partial charge in [0.1, 0.15) is 11.3 Å². The van der Waals surface area contributed by atoms with Crippen LogP contribution in [0.3, 0.4) is 0 Å². The smallest absolute Gasteiger partial charge is 0.215 e.